The fourth-order valence-corrected chi connectivity index (χ4v) is 3.96. The summed E-state index contributed by atoms with van der Waals surface area (Å²) in [7, 11) is -3.52. The predicted molar refractivity (Wildman–Crippen MR) is 119 cm³/mol. The van der Waals surface area contributed by atoms with E-state index in [1.165, 1.54) is 28.8 Å². The van der Waals surface area contributed by atoms with Crippen molar-refractivity contribution in [2.75, 3.05) is 11.0 Å². The van der Waals surface area contributed by atoms with Gasteiger partial charge in [-0.3, -0.25) is 14.1 Å². The van der Waals surface area contributed by atoms with Crippen LogP contribution in [-0.4, -0.2) is 28.9 Å². The maximum Gasteiger partial charge on any atom is 0.336 e. The highest BCUT2D eigenvalue weighted by Gasteiger charge is 2.15. The average molecular weight is 437 g/mol. The third-order valence-electron chi connectivity index (χ3n) is 4.74. The second-order valence-corrected chi connectivity index (χ2v) is 8.87. The number of hydrogen-bond donors (Lipinski definition) is 2. The minimum atomic E-state index is -3.52. The minimum Gasteiger partial charge on any atom is -0.508 e. The van der Waals surface area contributed by atoms with E-state index in [1.807, 2.05) is 0 Å². The number of nitrogens with zero attached hydrogens (tertiary/aromatic N) is 2. The van der Waals surface area contributed by atoms with Gasteiger partial charge in [0.25, 0.3) is 5.56 Å². The molecule has 0 radical (unpaired) electrons. The van der Waals surface area contributed by atoms with Crippen LogP contribution in [0, 0.1) is 0 Å². The van der Waals surface area contributed by atoms with Gasteiger partial charge < -0.3 is 5.11 Å². The Labute approximate surface area is 177 Å². The van der Waals surface area contributed by atoms with Crippen LogP contribution in [0.25, 0.3) is 16.6 Å². The number of benzene rings is 3. The first-order valence-electron chi connectivity index (χ1n) is 9.34. The van der Waals surface area contributed by atoms with E-state index in [4.69, 9.17) is 0 Å². The summed E-state index contributed by atoms with van der Waals surface area (Å²) in [5, 5.41) is 9.87. The summed E-state index contributed by atoms with van der Waals surface area (Å²) in [6.45, 7) is 0.182. The molecule has 1 heterocycles. The number of aromatic hydroxyl groups is 1. The molecule has 8 nitrogen and oxygen atoms in total. The van der Waals surface area contributed by atoms with Crippen molar-refractivity contribution in [1.29, 1.82) is 0 Å². The molecule has 0 aliphatic carbocycles. The standard InChI is InChI=1S/C22H19N3O5S/c1-31(29,30)23-16-5-4-6-17(13-16)25-21(27)19-7-2-3-8-20(19)24(22(25)28)14-15-9-11-18(26)12-10-15/h2-13,23,26H,14H2,1H3. The highest BCUT2D eigenvalue weighted by atomic mass is 32.2. The molecular formula is C22H19N3O5S. The number of anilines is 1. The lowest BCUT2D eigenvalue weighted by atomic mass is 10.2. The summed E-state index contributed by atoms with van der Waals surface area (Å²) in [6.07, 6.45) is 1.02. The molecular weight excluding hydrogens is 418 g/mol. The van der Waals surface area contributed by atoms with Gasteiger partial charge in [0.05, 0.1) is 35.1 Å². The highest BCUT2D eigenvalue weighted by Crippen LogP contribution is 2.17. The molecule has 0 amide bonds. The lowest BCUT2D eigenvalue weighted by molar-refractivity contribution is 0.475. The van der Waals surface area contributed by atoms with Crippen molar-refractivity contribution in [3.05, 3.63) is 99.2 Å². The molecule has 0 saturated carbocycles. The van der Waals surface area contributed by atoms with E-state index in [1.54, 1.807) is 48.5 Å². The number of aromatic nitrogens is 2. The van der Waals surface area contributed by atoms with Crippen LogP contribution in [0.1, 0.15) is 5.56 Å². The topological polar surface area (TPSA) is 110 Å². The second kappa shape index (κ2) is 7.77. The van der Waals surface area contributed by atoms with Crippen molar-refractivity contribution < 1.29 is 13.5 Å². The summed E-state index contributed by atoms with van der Waals surface area (Å²) in [4.78, 5) is 26.6. The Morgan fingerprint density at radius 3 is 2.35 bits per heavy atom. The van der Waals surface area contributed by atoms with Crippen LogP contribution in [0.15, 0.2) is 82.4 Å². The molecule has 158 valence electrons. The Bertz CT molecular complexity index is 1500. The summed E-state index contributed by atoms with van der Waals surface area (Å²) in [5.41, 5.74) is 0.667. The smallest absolute Gasteiger partial charge is 0.336 e. The van der Waals surface area contributed by atoms with Crippen molar-refractivity contribution in [3.8, 4) is 11.4 Å². The molecule has 3 aromatic carbocycles. The average Bonchev–Trinajstić information content (AvgIpc) is 2.72. The molecule has 0 fully saturated rings. The second-order valence-electron chi connectivity index (χ2n) is 7.12. The Hall–Kier alpha value is -3.85. The molecule has 4 rings (SSSR count). The van der Waals surface area contributed by atoms with Crippen LogP contribution in [0.3, 0.4) is 0 Å². The quantitative estimate of drug-likeness (QED) is 0.498. The normalized spacial score (nSPS) is 11.5. The van der Waals surface area contributed by atoms with Crippen LogP contribution >= 0.6 is 0 Å². The number of phenolic OH excluding ortho intramolecular Hbond substituents is 1. The van der Waals surface area contributed by atoms with Crippen molar-refractivity contribution in [2.24, 2.45) is 0 Å². The van der Waals surface area contributed by atoms with Crippen molar-refractivity contribution in [3.63, 3.8) is 0 Å². The minimum absolute atomic E-state index is 0.112. The largest absolute Gasteiger partial charge is 0.508 e. The van der Waals surface area contributed by atoms with E-state index >= 15 is 0 Å². The van der Waals surface area contributed by atoms with Crippen molar-refractivity contribution in [1.82, 2.24) is 9.13 Å². The third-order valence-corrected chi connectivity index (χ3v) is 5.34. The fraction of sp³-hybridized carbons (Fsp3) is 0.0909. The van der Waals surface area contributed by atoms with Crippen LogP contribution < -0.4 is 16.0 Å². The first-order chi connectivity index (χ1) is 14.7. The molecule has 0 saturated heterocycles. The van der Waals surface area contributed by atoms with Gasteiger partial charge in [-0.1, -0.05) is 30.3 Å². The SMILES string of the molecule is CS(=O)(=O)Nc1cccc(-n2c(=O)c3ccccc3n(Cc3ccc(O)cc3)c2=O)c1. The van der Waals surface area contributed by atoms with E-state index in [0.717, 1.165) is 16.4 Å². The molecule has 0 atom stereocenters. The van der Waals surface area contributed by atoms with Crippen LogP contribution in [0.5, 0.6) is 5.75 Å². The molecule has 0 bridgehead atoms. The van der Waals surface area contributed by atoms with Gasteiger partial charge in [-0.15, -0.1) is 0 Å². The zero-order valence-electron chi connectivity index (χ0n) is 16.5. The summed E-state index contributed by atoms with van der Waals surface area (Å²) >= 11 is 0. The van der Waals surface area contributed by atoms with Crippen LogP contribution in [-0.2, 0) is 16.6 Å². The van der Waals surface area contributed by atoms with Gasteiger partial charge in [0.1, 0.15) is 5.75 Å². The number of sulfonamides is 1. The summed E-state index contributed by atoms with van der Waals surface area (Å²) < 4.78 is 28.0. The number of fused-ring (bicyclic) bond motifs is 1. The maximum absolute atomic E-state index is 13.4. The van der Waals surface area contributed by atoms with Gasteiger partial charge in [-0.05, 0) is 48.0 Å². The first-order valence-corrected chi connectivity index (χ1v) is 11.2. The zero-order chi connectivity index (χ0) is 22.2. The molecule has 0 aliphatic heterocycles. The lowest BCUT2D eigenvalue weighted by Crippen LogP contribution is -2.39. The molecule has 1 aromatic heterocycles. The van der Waals surface area contributed by atoms with Gasteiger partial charge in [-0.25, -0.2) is 17.8 Å². The third kappa shape index (κ3) is 4.22. The Morgan fingerprint density at radius 2 is 1.65 bits per heavy atom. The van der Waals surface area contributed by atoms with E-state index < -0.39 is 21.3 Å². The Kier molecular flexibility index (Phi) is 5.12. The number of phenols is 1. The Morgan fingerprint density at radius 1 is 0.935 bits per heavy atom. The molecule has 4 aromatic rings. The predicted octanol–water partition coefficient (Wildman–Crippen LogP) is 2.28. The molecule has 0 unspecified atom stereocenters. The van der Waals surface area contributed by atoms with Gasteiger partial charge >= 0.3 is 5.69 Å². The number of para-hydroxylation sites is 1. The van der Waals surface area contributed by atoms with Crippen LogP contribution in [0.4, 0.5) is 5.69 Å². The molecule has 0 aliphatic rings. The van der Waals surface area contributed by atoms with Gasteiger partial charge in [0, 0.05) is 0 Å². The molecule has 0 spiro atoms. The fourth-order valence-electron chi connectivity index (χ4n) is 3.41. The number of rotatable bonds is 5. The van der Waals surface area contributed by atoms with Gasteiger partial charge in [0.2, 0.25) is 10.0 Å². The summed E-state index contributed by atoms with van der Waals surface area (Å²) in [6, 6.07) is 19.3. The maximum atomic E-state index is 13.4. The van der Waals surface area contributed by atoms with Crippen molar-refractivity contribution >= 4 is 26.6 Å². The molecule has 9 heteroatoms. The van der Waals surface area contributed by atoms with E-state index in [2.05, 4.69) is 4.72 Å². The lowest BCUT2D eigenvalue weighted by Gasteiger charge is -2.15. The van der Waals surface area contributed by atoms with E-state index in [9.17, 15) is 23.1 Å². The highest BCUT2D eigenvalue weighted by molar-refractivity contribution is 7.92. The monoisotopic (exact) mass is 437 g/mol. The Balaban J connectivity index is 1.95. The molecule has 2 N–H and O–H groups in total. The van der Waals surface area contributed by atoms with Gasteiger partial charge in [-0.2, -0.15) is 0 Å². The molecule has 31 heavy (non-hydrogen) atoms. The first kappa shape index (κ1) is 20.4. The van der Waals surface area contributed by atoms with E-state index in [0.29, 0.717) is 10.9 Å². The van der Waals surface area contributed by atoms with E-state index in [-0.39, 0.29) is 23.7 Å². The number of hydrogen-bond acceptors (Lipinski definition) is 5. The van der Waals surface area contributed by atoms with Crippen molar-refractivity contribution in [2.45, 2.75) is 6.54 Å². The van der Waals surface area contributed by atoms with Gasteiger partial charge in [0.15, 0.2) is 0 Å². The number of nitrogens with one attached hydrogen (secondary N) is 1. The van der Waals surface area contributed by atoms with Crippen LogP contribution in [0.2, 0.25) is 0 Å². The zero-order valence-corrected chi connectivity index (χ0v) is 17.3. The summed E-state index contributed by atoms with van der Waals surface area (Å²) in [5.74, 6) is 0.112.